The summed E-state index contributed by atoms with van der Waals surface area (Å²) >= 11 is 0. The number of nitrogens with zero attached hydrogens (tertiary/aromatic N) is 1. The Hall–Kier alpha value is -2.36. The Morgan fingerprint density at radius 2 is 2.29 bits per heavy atom. The third kappa shape index (κ3) is 3.75. The lowest BCUT2D eigenvalue weighted by Gasteiger charge is -2.26. The Morgan fingerprint density at radius 3 is 3.04 bits per heavy atom. The zero-order valence-corrected chi connectivity index (χ0v) is 14.3. The highest BCUT2D eigenvalue weighted by Gasteiger charge is 2.23. The summed E-state index contributed by atoms with van der Waals surface area (Å²) in [5.41, 5.74) is 3.64. The van der Waals surface area contributed by atoms with Crippen molar-refractivity contribution < 1.29 is 9.53 Å². The van der Waals surface area contributed by atoms with Crippen molar-refractivity contribution in [3.05, 3.63) is 59.4 Å². The van der Waals surface area contributed by atoms with Crippen LogP contribution in [0.15, 0.2) is 42.7 Å². The van der Waals surface area contributed by atoms with Gasteiger partial charge in [-0.25, -0.2) is 0 Å². The van der Waals surface area contributed by atoms with Crippen LogP contribution in [-0.4, -0.2) is 18.0 Å². The number of hydrogen-bond donors (Lipinski definition) is 1. The molecular formula is C20H24N2O2. The molecule has 1 amide bonds. The molecule has 0 fully saturated rings. The van der Waals surface area contributed by atoms with Gasteiger partial charge in [-0.1, -0.05) is 12.1 Å². The largest absolute Gasteiger partial charge is 0.497 e. The molecule has 1 aliphatic carbocycles. The molecule has 24 heavy (non-hydrogen) atoms. The van der Waals surface area contributed by atoms with Gasteiger partial charge in [-0.15, -0.1) is 0 Å². The quantitative estimate of drug-likeness (QED) is 0.910. The van der Waals surface area contributed by atoms with Crippen LogP contribution in [0.5, 0.6) is 5.75 Å². The molecule has 1 aromatic carbocycles. The number of fused-ring (bicyclic) bond motifs is 1. The van der Waals surface area contributed by atoms with Gasteiger partial charge in [0.1, 0.15) is 5.75 Å². The van der Waals surface area contributed by atoms with Crippen molar-refractivity contribution in [3.63, 3.8) is 0 Å². The summed E-state index contributed by atoms with van der Waals surface area (Å²) < 4.78 is 5.31. The lowest BCUT2D eigenvalue weighted by molar-refractivity contribution is -0.122. The predicted molar refractivity (Wildman–Crippen MR) is 94.1 cm³/mol. The van der Waals surface area contributed by atoms with Gasteiger partial charge in [-0.3, -0.25) is 9.78 Å². The number of aryl methyl sites for hydroxylation is 1. The van der Waals surface area contributed by atoms with E-state index in [1.54, 1.807) is 19.5 Å². The fourth-order valence-corrected chi connectivity index (χ4v) is 3.47. The molecule has 1 aliphatic rings. The molecule has 0 spiro atoms. The summed E-state index contributed by atoms with van der Waals surface area (Å²) in [6.45, 7) is 1.99. The van der Waals surface area contributed by atoms with Gasteiger partial charge in [0.15, 0.2) is 0 Å². The first-order valence-electron chi connectivity index (χ1n) is 8.53. The van der Waals surface area contributed by atoms with E-state index in [0.717, 1.165) is 30.6 Å². The smallest absolute Gasteiger partial charge is 0.221 e. The van der Waals surface area contributed by atoms with Crippen LogP contribution in [0.3, 0.4) is 0 Å². The molecule has 2 unspecified atom stereocenters. The molecule has 4 nitrogen and oxygen atoms in total. The second kappa shape index (κ2) is 7.47. The van der Waals surface area contributed by atoms with E-state index in [1.165, 1.54) is 11.1 Å². The molecule has 0 aliphatic heterocycles. The summed E-state index contributed by atoms with van der Waals surface area (Å²) in [5.74, 6) is 1.28. The molecular weight excluding hydrogens is 300 g/mol. The molecule has 0 saturated carbocycles. The van der Waals surface area contributed by atoms with Crippen LogP contribution in [0.1, 0.15) is 54.8 Å². The van der Waals surface area contributed by atoms with Crippen LogP contribution in [0.25, 0.3) is 0 Å². The van der Waals surface area contributed by atoms with Crippen LogP contribution >= 0.6 is 0 Å². The topological polar surface area (TPSA) is 51.2 Å². The predicted octanol–water partition coefficient (Wildman–Crippen LogP) is 3.78. The van der Waals surface area contributed by atoms with E-state index >= 15 is 0 Å². The van der Waals surface area contributed by atoms with Crippen molar-refractivity contribution >= 4 is 5.91 Å². The number of amides is 1. The average molecular weight is 324 g/mol. The first-order valence-corrected chi connectivity index (χ1v) is 8.53. The minimum atomic E-state index is -0.0230. The Kier molecular flexibility index (Phi) is 5.14. The van der Waals surface area contributed by atoms with E-state index in [4.69, 9.17) is 4.74 Å². The Labute approximate surface area is 143 Å². The van der Waals surface area contributed by atoms with E-state index in [-0.39, 0.29) is 11.9 Å². The number of hydrogen-bond acceptors (Lipinski definition) is 3. The summed E-state index contributed by atoms with van der Waals surface area (Å²) in [6.07, 6.45) is 7.32. The van der Waals surface area contributed by atoms with E-state index < -0.39 is 0 Å². The van der Waals surface area contributed by atoms with E-state index in [9.17, 15) is 4.79 Å². The molecule has 1 heterocycles. The molecule has 0 radical (unpaired) electrons. The first-order chi connectivity index (χ1) is 11.7. The maximum atomic E-state index is 12.5. The van der Waals surface area contributed by atoms with Crippen LogP contribution < -0.4 is 10.1 Å². The maximum Gasteiger partial charge on any atom is 0.221 e. The van der Waals surface area contributed by atoms with E-state index in [1.807, 2.05) is 25.1 Å². The highest BCUT2D eigenvalue weighted by molar-refractivity contribution is 5.77. The fraction of sp³-hybridized carbons (Fsp3) is 0.400. The normalized spacial score (nSPS) is 17.7. The Balaban J connectivity index is 1.65. The summed E-state index contributed by atoms with van der Waals surface area (Å²) in [7, 11) is 1.69. The van der Waals surface area contributed by atoms with Crippen LogP contribution in [-0.2, 0) is 11.2 Å². The number of carbonyl (C=O) groups is 1. The fourth-order valence-electron chi connectivity index (χ4n) is 3.47. The van der Waals surface area contributed by atoms with Crippen molar-refractivity contribution in [2.45, 2.75) is 44.6 Å². The number of carbonyl (C=O) groups excluding carboxylic acids is 1. The van der Waals surface area contributed by atoms with E-state index in [0.29, 0.717) is 12.3 Å². The van der Waals surface area contributed by atoms with Crippen molar-refractivity contribution in [2.75, 3.05) is 7.11 Å². The Morgan fingerprint density at radius 1 is 1.42 bits per heavy atom. The van der Waals surface area contributed by atoms with Crippen molar-refractivity contribution in [1.29, 1.82) is 0 Å². The van der Waals surface area contributed by atoms with Gasteiger partial charge in [-0.05, 0) is 67.0 Å². The lowest BCUT2D eigenvalue weighted by atomic mass is 9.81. The zero-order chi connectivity index (χ0) is 16.9. The van der Waals surface area contributed by atoms with Gasteiger partial charge in [0, 0.05) is 18.8 Å². The highest BCUT2D eigenvalue weighted by Crippen LogP contribution is 2.35. The molecule has 1 aromatic heterocycles. The molecule has 126 valence electrons. The summed E-state index contributed by atoms with van der Waals surface area (Å²) in [4.78, 5) is 16.6. The summed E-state index contributed by atoms with van der Waals surface area (Å²) in [5, 5.41) is 3.09. The number of rotatable bonds is 5. The van der Waals surface area contributed by atoms with Crippen LogP contribution in [0.2, 0.25) is 0 Å². The Bertz CT molecular complexity index is 700. The standard InChI is InChI=1S/C20H24N2O2/c1-14(17-7-4-10-21-13-17)22-20(23)12-16-6-3-5-15-11-18(24-2)8-9-19(15)16/h4,7-11,13-14,16H,3,5-6,12H2,1-2H3,(H,22,23). The number of ether oxygens (including phenoxy) is 1. The van der Waals surface area contributed by atoms with Crippen molar-refractivity contribution in [1.82, 2.24) is 10.3 Å². The van der Waals surface area contributed by atoms with Gasteiger partial charge >= 0.3 is 0 Å². The van der Waals surface area contributed by atoms with E-state index in [2.05, 4.69) is 22.4 Å². The number of pyridine rings is 1. The molecule has 2 atom stereocenters. The number of methoxy groups -OCH3 is 1. The third-order valence-electron chi connectivity index (χ3n) is 4.78. The van der Waals surface area contributed by atoms with Gasteiger partial charge < -0.3 is 10.1 Å². The SMILES string of the molecule is COc1ccc2c(c1)CCCC2CC(=O)NC(C)c1cccnc1. The van der Waals surface area contributed by atoms with Gasteiger partial charge in [0.25, 0.3) is 0 Å². The number of nitrogens with one attached hydrogen (secondary N) is 1. The lowest BCUT2D eigenvalue weighted by Crippen LogP contribution is -2.28. The molecule has 0 bridgehead atoms. The molecule has 2 aromatic rings. The molecule has 1 N–H and O–H groups in total. The maximum absolute atomic E-state index is 12.5. The molecule has 0 saturated heterocycles. The van der Waals surface area contributed by atoms with Crippen LogP contribution in [0, 0.1) is 0 Å². The minimum Gasteiger partial charge on any atom is -0.497 e. The number of aromatic nitrogens is 1. The van der Waals surface area contributed by atoms with Gasteiger partial charge in [0.2, 0.25) is 5.91 Å². The minimum absolute atomic E-state index is 0.0230. The molecule has 4 heteroatoms. The monoisotopic (exact) mass is 324 g/mol. The summed E-state index contributed by atoms with van der Waals surface area (Å²) in [6, 6.07) is 10.1. The van der Waals surface area contributed by atoms with Gasteiger partial charge in [-0.2, -0.15) is 0 Å². The second-order valence-electron chi connectivity index (χ2n) is 6.43. The second-order valence-corrected chi connectivity index (χ2v) is 6.43. The third-order valence-corrected chi connectivity index (χ3v) is 4.78. The van der Waals surface area contributed by atoms with Crippen LogP contribution in [0.4, 0.5) is 0 Å². The zero-order valence-electron chi connectivity index (χ0n) is 14.3. The first kappa shape index (κ1) is 16.5. The van der Waals surface area contributed by atoms with Gasteiger partial charge in [0.05, 0.1) is 13.2 Å². The number of benzene rings is 1. The van der Waals surface area contributed by atoms with Crippen molar-refractivity contribution in [3.8, 4) is 5.75 Å². The molecule has 3 rings (SSSR count). The average Bonchev–Trinajstić information content (AvgIpc) is 2.62. The van der Waals surface area contributed by atoms with Crippen molar-refractivity contribution in [2.24, 2.45) is 0 Å². The highest BCUT2D eigenvalue weighted by atomic mass is 16.5.